The van der Waals surface area contributed by atoms with Crippen LogP contribution in [-0.2, 0) is 0 Å². The van der Waals surface area contributed by atoms with Crippen LogP contribution in [-0.4, -0.2) is 29.2 Å². The zero-order valence-corrected chi connectivity index (χ0v) is 19.8. The monoisotopic (exact) mass is 460 g/mol. The lowest BCUT2D eigenvalue weighted by Gasteiger charge is -2.29. The van der Waals surface area contributed by atoms with Gasteiger partial charge in [-0.25, -0.2) is 4.39 Å². The molecule has 2 atom stereocenters. The van der Waals surface area contributed by atoms with Crippen LogP contribution in [0.25, 0.3) is 0 Å². The maximum atomic E-state index is 14.3. The van der Waals surface area contributed by atoms with Gasteiger partial charge in [-0.3, -0.25) is 0 Å². The molecular weight excluding hydrogens is 426 g/mol. The number of benzene rings is 2. The summed E-state index contributed by atoms with van der Waals surface area (Å²) in [5.41, 5.74) is 1.77. The molecule has 0 aliphatic heterocycles. The Morgan fingerprint density at radius 1 is 1.00 bits per heavy atom. The van der Waals surface area contributed by atoms with E-state index in [2.05, 4.69) is 12.1 Å². The summed E-state index contributed by atoms with van der Waals surface area (Å²) in [4.78, 5) is 19.6. The van der Waals surface area contributed by atoms with E-state index >= 15 is 0 Å². The number of hydrogen-bond donors (Lipinski definition) is 2. The summed E-state index contributed by atoms with van der Waals surface area (Å²) < 4.78 is 25.8. The maximum Gasteiger partial charge on any atom is 0.168 e. The quantitative estimate of drug-likeness (QED) is 0.427. The summed E-state index contributed by atoms with van der Waals surface area (Å²) in [6, 6.07) is 13.2. The van der Waals surface area contributed by atoms with Gasteiger partial charge in [-0.1, -0.05) is 19.1 Å². The van der Waals surface area contributed by atoms with Crippen molar-refractivity contribution in [1.29, 1.82) is 0 Å². The van der Waals surface area contributed by atoms with E-state index in [-0.39, 0.29) is 23.3 Å². The molecular formula is C26H34FO4P. The van der Waals surface area contributed by atoms with Gasteiger partial charge in [0.05, 0.1) is 13.7 Å². The average molecular weight is 461 g/mol. The molecule has 0 saturated heterocycles. The molecule has 2 aliphatic rings. The first-order valence-electron chi connectivity index (χ1n) is 11.7. The molecule has 2 aromatic rings. The Hall–Kier alpha value is -1.68. The van der Waals surface area contributed by atoms with Gasteiger partial charge in [0.2, 0.25) is 0 Å². The van der Waals surface area contributed by atoms with Gasteiger partial charge in [0.1, 0.15) is 17.3 Å². The molecule has 0 amide bonds. The Bertz CT molecular complexity index is 893. The molecule has 4 rings (SSSR count). The van der Waals surface area contributed by atoms with Crippen LogP contribution in [0.1, 0.15) is 68.4 Å². The van der Waals surface area contributed by atoms with Crippen LogP contribution in [0, 0.1) is 17.7 Å². The number of ether oxygens (including phenoxy) is 2. The van der Waals surface area contributed by atoms with E-state index in [1.807, 2.05) is 25.1 Å². The molecule has 4 nitrogen and oxygen atoms in total. The van der Waals surface area contributed by atoms with Crippen molar-refractivity contribution in [3.8, 4) is 11.5 Å². The predicted molar refractivity (Wildman–Crippen MR) is 126 cm³/mol. The van der Waals surface area contributed by atoms with Gasteiger partial charge in [-0.2, -0.15) is 0 Å². The summed E-state index contributed by atoms with van der Waals surface area (Å²) in [6.07, 6.45) is 6.25. The second kappa shape index (κ2) is 10.5. The number of methoxy groups -OCH3 is 1. The highest BCUT2D eigenvalue weighted by Gasteiger charge is 2.38. The summed E-state index contributed by atoms with van der Waals surface area (Å²) in [5, 5.41) is 0. The molecule has 0 aromatic heterocycles. The second-order valence-corrected chi connectivity index (χ2v) is 10.9. The van der Waals surface area contributed by atoms with Crippen molar-refractivity contribution in [1.82, 2.24) is 0 Å². The Morgan fingerprint density at radius 2 is 1.75 bits per heavy atom. The fourth-order valence-corrected chi connectivity index (χ4v) is 5.87. The van der Waals surface area contributed by atoms with Crippen molar-refractivity contribution in [2.24, 2.45) is 11.8 Å². The Balaban J connectivity index is 1.33. The SMILES string of the molecule is COc1ccc(F)c(C2CCC(COc3cccc(C(C4CC4)C(C)P(O)O)c3)CC2)c1. The molecule has 6 heteroatoms. The first kappa shape index (κ1) is 23.5. The van der Waals surface area contributed by atoms with Gasteiger partial charge in [-0.05, 0) is 104 Å². The highest BCUT2D eigenvalue weighted by atomic mass is 31.2. The number of halogens is 1. The van der Waals surface area contributed by atoms with E-state index in [0.29, 0.717) is 24.2 Å². The third-order valence-electron chi connectivity index (χ3n) is 7.23. The maximum absolute atomic E-state index is 14.3. The lowest BCUT2D eigenvalue weighted by molar-refractivity contribution is 0.199. The molecule has 174 valence electrons. The van der Waals surface area contributed by atoms with E-state index < -0.39 is 8.38 Å². The Labute approximate surface area is 191 Å². The average Bonchev–Trinajstić information content (AvgIpc) is 3.64. The minimum absolute atomic E-state index is 0.139. The first-order chi connectivity index (χ1) is 15.5. The fourth-order valence-electron chi connectivity index (χ4n) is 5.17. The first-order valence-corrected chi connectivity index (χ1v) is 13.0. The highest BCUT2D eigenvalue weighted by Crippen LogP contribution is 2.52. The van der Waals surface area contributed by atoms with Crippen LogP contribution in [0.15, 0.2) is 42.5 Å². The van der Waals surface area contributed by atoms with E-state index in [0.717, 1.165) is 55.4 Å². The molecule has 0 spiro atoms. The lowest BCUT2D eigenvalue weighted by atomic mass is 9.79. The Kier molecular flexibility index (Phi) is 7.70. The molecule has 2 N–H and O–H groups in total. The van der Waals surface area contributed by atoms with Gasteiger partial charge in [0.25, 0.3) is 0 Å². The molecule has 2 unspecified atom stereocenters. The van der Waals surface area contributed by atoms with Crippen LogP contribution in [0.4, 0.5) is 4.39 Å². The summed E-state index contributed by atoms with van der Waals surface area (Å²) in [6.45, 7) is 2.60. The minimum Gasteiger partial charge on any atom is -0.497 e. The molecule has 2 saturated carbocycles. The summed E-state index contributed by atoms with van der Waals surface area (Å²) >= 11 is 0. The normalized spacial score (nSPS) is 23.1. The summed E-state index contributed by atoms with van der Waals surface area (Å²) in [7, 11) is -0.338. The third kappa shape index (κ3) is 5.62. The topological polar surface area (TPSA) is 58.9 Å². The van der Waals surface area contributed by atoms with Crippen molar-refractivity contribution in [2.45, 2.75) is 62.9 Å². The molecule has 0 heterocycles. The molecule has 2 aliphatic carbocycles. The lowest BCUT2D eigenvalue weighted by Crippen LogP contribution is -2.20. The number of rotatable bonds is 9. The van der Waals surface area contributed by atoms with Gasteiger partial charge in [0, 0.05) is 5.66 Å². The molecule has 2 fully saturated rings. The van der Waals surface area contributed by atoms with Crippen LogP contribution >= 0.6 is 8.38 Å². The second-order valence-electron chi connectivity index (χ2n) is 9.41. The van der Waals surface area contributed by atoms with Crippen LogP contribution < -0.4 is 9.47 Å². The van der Waals surface area contributed by atoms with Crippen molar-refractivity contribution in [2.75, 3.05) is 13.7 Å². The van der Waals surface area contributed by atoms with Gasteiger partial charge in [-0.15, -0.1) is 0 Å². The van der Waals surface area contributed by atoms with E-state index in [4.69, 9.17) is 9.47 Å². The number of hydrogen-bond acceptors (Lipinski definition) is 4. The summed E-state index contributed by atoms with van der Waals surface area (Å²) in [5.74, 6) is 2.82. The van der Waals surface area contributed by atoms with Crippen molar-refractivity contribution >= 4 is 8.38 Å². The predicted octanol–water partition coefficient (Wildman–Crippen LogP) is 6.37. The van der Waals surface area contributed by atoms with Crippen LogP contribution in [0.5, 0.6) is 11.5 Å². The van der Waals surface area contributed by atoms with Crippen LogP contribution in [0.3, 0.4) is 0 Å². The highest BCUT2D eigenvalue weighted by molar-refractivity contribution is 7.46. The molecule has 32 heavy (non-hydrogen) atoms. The smallest absolute Gasteiger partial charge is 0.168 e. The minimum atomic E-state index is -1.95. The van der Waals surface area contributed by atoms with E-state index in [1.165, 1.54) is 6.07 Å². The van der Waals surface area contributed by atoms with Crippen molar-refractivity contribution in [3.05, 3.63) is 59.4 Å². The zero-order valence-electron chi connectivity index (χ0n) is 18.9. The third-order valence-corrected chi connectivity index (χ3v) is 8.28. The zero-order chi connectivity index (χ0) is 22.7. The standard InChI is InChI=1S/C26H34FO4P/c1-17(32(28)29)26(20-10-11-20)21-4-3-5-23(14-21)31-16-18-6-8-19(9-7-18)24-15-22(30-2)12-13-25(24)27/h3-5,12-15,17-20,26,28-29H,6-11,16H2,1-2H3. The van der Waals surface area contributed by atoms with Crippen molar-refractivity contribution < 1.29 is 23.7 Å². The van der Waals surface area contributed by atoms with E-state index in [1.54, 1.807) is 13.2 Å². The van der Waals surface area contributed by atoms with E-state index in [9.17, 15) is 14.2 Å². The molecule has 0 bridgehead atoms. The molecule has 0 radical (unpaired) electrons. The van der Waals surface area contributed by atoms with Gasteiger partial charge < -0.3 is 19.3 Å². The fraction of sp³-hybridized carbons (Fsp3) is 0.538. The largest absolute Gasteiger partial charge is 0.497 e. The van der Waals surface area contributed by atoms with Crippen molar-refractivity contribution in [3.63, 3.8) is 0 Å². The van der Waals surface area contributed by atoms with Crippen LogP contribution in [0.2, 0.25) is 0 Å². The Morgan fingerprint density at radius 3 is 2.41 bits per heavy atom. The molecule has 2 aromatic carbocycles. The van der Waals surface area contributed by atoms with Gasteiger partial charge in [0.15, 0.2) is 8.38 Å². The van der Waals surface area contributed by atoms with Gasteiger partial charge >= 0.3 is 0 Å².